The van der Waals surface area contributed by atoms with Gasteiger partial charge in [-0.2, -0.15) is 4.98 Å². The van der Waals surface area contributed by atoms with E-state index >= 15 is 0 Å². The van der Waals surface area contributed by atoms with Crippen LogP contribution in [0.2, 0.25) is 0 Å². The van der Waals surface area contributed by atoms with Gasteiger partial charge in [0.15, 0.2) is 5.82 Å². The second-order valence-electron chi connectivity index (χ2n) is 6.73. The second-order valence-corrected chi connectivity index (χ2v) is 6.73. The van der Waals surface area contributed by atoms with E-state index in [2.05, 4.69) is 26.9 Å². The van der Waals surface area contributed by atoms with Crippen molar-refractivity contribution in [3.05, 3.63) is 34.7 Å². The van der Waals surface area contributed by atoms with Crippen LogP contribution in [0.5, 0.6) is 5.75 Å². The van der Waals surface area contributed by atoms with Crippen molar-refractivity contribution in [1.29, 1.82) is 0 Å². The molecule has 0 spiro atoms. The lowest BCUT2D eigenvalue weighted by Crippen LogP contribution is -2.36. The maximum Gasteiger partial charge on any atom is 0.226 e. The smallest absolute Gasteiger partial charge is 0.226 e. The molecule has 1 fully saturated rings. The molecule has 0 radical (unpaired) electrons. The molecule has 1 aliphatic heterocycles. The number of aromatic nitrogens is 3. The fourth-order valence-electron chi connectivity index (χ4n) is 3.57. The molecule has 0 aliphatic carbocycles. The van der Waals surface area contributed by atoms with Crippen molar-refractivity contribution < 1.29 is 9.26 Å². The summed E-state index contributed by atoms with van der Waals surface area (Å²) in [4.78, 5) is 11.4. The molecular weight excluding hydrogens is 304 g/mol. The third kappa shape index (κ3) is 3.75. The molecule has 1 aliphatic rings. The number of ether oxygens (including phenoxy) is 1. The van der Waals surface area contributed by atoms with E-state index in [4.69, 9.17) is 9.26 Å². The van der Waals surface area contributed by atoms with Gasteiger partial charge in [0.2, 0.25) is 5.89 Å². The van der Waals surface area contributed by atoms with Crippen molar-refractivity contribution in [2.45, 2.75) is 46.6 Å². The Hall–Kier alpha value is -1.95. The summed E-state index contributed by atoms with van der Waals surface area (Å²) in [5.41, 5.74) is 3.33. The van der Waals surface area contributed by atoms with Gasteiger partial charge in [0.05, 0.1) is 12.8 Å². The maximum absolute atomic E-state index is 5.52. The van der Waals surface area contributed by atoms with E-state index in [1.165, 1.54) is 12.8 Å². The fourth-order valence-corrected chi connectivity index (χ4v) is 3.57. The Labute approximate surface area is 143 Å². The van der Waals surface area contributed by atoms with Gasteiger partial charge in [-0.25, -0.2) is 0 Å². The minimum absolute atomic E-state index is 0.561. The molecule has 3 heterocycles. The van der Waals surface area contributed by atoms with Gasteiger partial charge in [-0.3, -0.25) is 9.88 Å². The van der Waals surface area contributed by atoms with Crippen LogP contribution in [0.1, 0.15) is 41.4 Å². The average molecular weight is 330 g/mol. The lowest BCUT2D eigenvalue weighted by atomic mass is 9.94. The van der Waals surface area contributed by atoms with Gasteiger partial charge in [-0.15, -0.1) is 0 Å². The Balaban J connectivity index is 1.65. The third-order valence-electron chi connectivity index (χ3n) is 4.76. The Morgan fingerprint density at radius 1 is 1.33 bits per heavy atom. The maximum atomic E-state index is 5.52. The lowest BCUT2D eigenvalue weighted by Gasteiger charge is -2.32. The normalized spacial score (nSPS) is 18.8. The number of pyridine rings is 1. The number of hydrogen-bond acceptors (Lipinski definition) is 6. The minimum Gasteiger partial charge on any atom is -0.496 e. The third-order valence-corrected chi connectivity index (χ3v) is 4.76. The van der Waals surface area contributed by atoms with Gasteiger partial charge in [0.25, 0.3) is 0 Å². The van der Waals surface area contributed by atoms with Gasteiger partial charge in [0.1, 0.15) is 5.75 Å². The molecule has 6 nitrogen and oxygen atoms in total. The summed E-state index contributed by atoms with van der Waals surface area (Å²) >= 11 is 0. The summed E-state index contributed by atoms with van der Waals surface area (Å²) in [6, 6.07) is 0. The number of hydrogen-bond donors (Lipinski definition) is 0. The highest BCUT2D eigenvalue weighted by Crippen LogP contribution is 2.27. The lowest BCUT2D eigenvalue weighted by molar-refractivity contribution is 0.158. The van der Waals surface area contributed by atoms with E-state index in [9.17, 15) is 0 Å². The number of aryl methyl sites for hydroxylation is 2. The van der Waals surface area contributed by atoms with Gasteiger partial charge in [0, 0.05) is 36.8 Å². The first-order chi connectivity index (χ1) is 11.6. The van der Waals surface area contributed by atoms with Gasteiger partial charge in [-0.05, 0) is 46.1 Å². The fraction of sp³-hybridized carbons (Fsp3) is 0.611. The van der Waals surface area contributed by atoms with Gasteiger partial charge in [-0.1, -0.05) is 5.16 Å². The van der Waals surface area contributed by atoms with Crippen LogP contribution >= 0.6 is 0 Å². The molecule has 3 rings (SSSR count). The number of piperidine rings is 1. The molecule has 6 heteroatoms. The second kappa shape index (κ2) is 7.30. The SMILES string of the molecule is COc1c(C)cnc(CN2CCCC(Cc3nc(C)no3)C2)c1C. The molecule has 1 atom stereocenters. The van der Waals surface area contributed by atoms with Crippen molar-refractivity contribution in [3.63, 3.8) is 0 Å². The van der Waals surface area contributed by atoms with Crippen molar-refractivity contribution in [1.82, 2.24) is 20.0 Å². The first-order valence-electron chi connectivity index (χ1n) is 8.57. The zero-order valence-electron chi connectivity index (χ0n) is 15.0. The van der Waals surface area contributed by atoms with E-state index < -0.39 is 0 Å². The molecule has 0 saturated carbocycles. The first kappa shape index (κ1) is 16.9. The largest absolute Gasteiger partial charge is 0.496 e. The van der Waals surface area contributed by atoms with Crippen LogP contribution in [0.3, 0.4) is 0 Å². The Morgan fingerprint density at radius 3 is 2.88 bits per heavy atom. The molecule has 1 unspecified atom stereocenters. The van der Waals surface area contributed by atoms with Crippen LogP contribution in [0, 0.1) is 26.7 Å². The Morgan fingerprint density at radius 2 is 2.17 bits per heavy atom. The summed E-state index contributed by atoms with van der Waals surface area (Å²) in [5, 5.41) is 3.88. The van der Waals surface area contributed by atoms with E-state index in [0.29, 0.717) is 11.7 Å². The summed E-state index contributed by atoms with van der Waals surface area (Å²) in [7, 11) is 1.72. The molecule has 0 bridgehead atoms. The number of methoxy groups -OCH3 is 1. The van der Waals surface area contributed by atoms with Crippen LogP contribution < -0.4 is 4.74 Å². The molecule has 1 saturated heterocycles. The van der Waals surface area contributed by atoms with E-state index in [0.717, 1.165) is 54.5 Å². The Bertz CT molecular complexity index is 698. The zero-order chi connectivity index (χ0) is 17.1. The minimum atomic E-state index is 0.561. The quantitative estimate of drug-likeness (QED) is 0.840. The van der Waals surface area contributed by atoms with Crippen molar-refractivity contribution in [3.8, 4) is 5.75 Å². The van der Waals surface area contributed by atoms with Gasteiger partial charge < -0.3 is 9.26 Å². The standard InChI is InChI=1S/C18H26N4O2/c1-12-9-19-16(13(2)18(12)23-4)11-22-7-5-6-15(10-22)8-17-20-14(3)21-24-17/h9,15H,5-8,10-11H2,1-4H3. The molecule has 2 aromatic rings. The molecule has 0 aromatic carbocycles. The van der Waals surface area contributed by atoms with E-state index in [1.807, 2.05) is 20.0 Å². The molecular formula is C18H26N4O2. The molecule has 0 amide bonds. The van der Waals surface area contributed by atoms with E-state index in [-0.39, 0.29) is 0 Å². The topological polar surface area (TPSA) is 64.3 Å². The van der Waals surface area contributed by atoms with E-state index in [1.54, 1.807) is 7.11 Å². The predicted octanol–water partition coefficient (Wildman–Crippen LogP) is 2.85. The molecule has 0 N–H and O–H groups in total. The van der Waals surface area contributed by atoms with Crippen LogP contribution in [0.4, 0.5) is 0 Å². The molecule has 24 heavy (non-hydrogen) atoms. The van der Waals surface area contributed by atoms with Gasteiger partial charge >= 0.3 is 0 Å². The number of nitrogens with zero attached hydrogens (tertiary/aromatic N) is 4. The Kier molecular flexibility index (Phi) is 5.14. The highest BCUT2D eigenvalue weighted by atomic mass is 16.5. The van der Waals surface area contributed by atoms with Crippen LogP contribution in [-0.4, -0.2) is 40.2 Å². The molecule has 2 aromatic heterocycles. The van der Waals surface area contributed by atoms with Crippen molar-refractivity contribution in [2.24, 2.45) is 5.92 Å². The summed E-state index contributed by atoms with van der Waals surface area (Å²) in [6.07, 6.45) is 5.17. The highest BCUT2D eigenvalue weighted by Gasteiger charge is 2.23. The summed E-state index contributed by atoms with van der Waals surface area (Å²) in [6.45, 7) is 9.00. The molecule has 130 valence electrons. The average Bonchev–Trinajstić information content (AvgIpc) is 2.96. The summed E-state index contributed by atoms with van der Waals surface area (Å²) in [5.74, 6) is 2.98. The zero-order valence-corrected chi connectivity index (χ0v) is 15.0. The monoisotopic (exact) mass is 330 g/mol. The predicted molar refractivity (Wildman–Crippen MR) is 91.0 cm³/mol. The van der Waals surface area contributed by atoms with Crippen molar-refractivity contribution in [2.75, 3.05) is 20.2 Å². The van der Waals surface area contributed by atoms with Crippen molar-refractivity contribution >= 4 is 0 Å². The first-order valence-corrected chi connectivity index (χ1v) is 8.57. The number of rotatable bonds is 5. The summed E-state index contributed by atoms with van der Waals surface area (Å²) < 4.78 is 10.8. The highest BCUT2D eigenvalue weighted by molar-refractivity contribution is 5.41. The van der Waals surface area contributed by atoms with Crippen LogP contribution in [0.25, 0.3) is 0 Å². The van der Waals surface area contributed by atoms with Crippen LogP contribution in [-0.2, 0) is 13.0 Å². The van der Waals surface area contributed by atoms with Crippen LogP contribution in [0.15, 0.2) is 10.7 Å². The number of likely N-dealkylation sites (tertiary alicyclic amines) is 1.